The fourth-order valence-electron chi connectivity index (χ4n) is 1.31. The summed E-state index contributed by atoms with van der Waals surface area (Å²) in [6.07, 6.45) is 0. The maximum Gasteiger partial charge on any atom is 0.367 e. The zero-order chi connectivity index (χ0) is 15.0. The van der Waals surface area contributed by atoms with Gasteiger partial charge in [-0.25, -0.2) is 9.59 Å². The van der Waals surface area contributed by atoms with E-state index >= 15 is 0 Å². The van der Waals surface area contributed by atoms with Crippen molar-refractivity contribution in [3.05, 3.63) is 29.8 Å². The lowest BCUT2D eigenvalue weighted by atomic mass is 10.2. The van der Waals surface area contributed by atoms with E-state index in [0.717, 1.165) is 5.56 Å². The fraction of sp³-hybridized carbons (Fsp3) is 0.308. The van der Waals surface area contributed by atoms with Crippen molar-refractivity contribution < 1.29 is 19.1 Å². The molecule has 0 aliphatic heterocycles. The first-order valence-corrected chi connectivity index (χ1v) is 7.01. The smallest absolute Gasteiger partial charge is 0.367 e. The van der Waals surface area contributed by atoms with Crippen LogP contribution in [0.2, 0.25) is 0 Å². The number of carbonyl (C=O) groups excluding carboxylic acids is 2. The molecule has 0 spiro atoms. The van der Waals surface area contributed by atoms with E-state index in [1.165, 1.54) is 0 Å². The van der Waals surface area contributed by atoms with Crippen molar-refractivity contribution in [1.29, 1.82) is 0 Å². The first kappa shape index (κ1) is 16.2. The van der Waals surface area contributed by atoms with Crippen LogP contribution in [0.5, 0.6) is 0 Å². The zero-order valence-corrected chi connectivity index (χ0v) is 12.8. The molecule has 0 atom stereocenters. The number of esters is 2. The lowest BCUT2D eigenvalue weighted by Gasteiger charge is -2.07. The Labute approximate surface area is 125 Å². The molecule has 0 heterocycles. The largest absolute Gasteiger partial charge is 0.461 e. The number of halogens is 1. The second-order valence-corrected chi connectivity index (χ2v) is 4.11. The number of aryl methyl sites for hydroxylation is 1. The van der Waals surface area contributed by atoms with Crippen LogP contribution in [0, 0.1) is 6.92 Å². The highest BCUT2D eigenvalue weighted by Crippen LogP contribution is 2.13. The molecule has 20 heavy (non-hydrogen) atoms. The summed E-state index contributed by atoms with van der Waals surface area (Å²) in [5.41, 5.74) is 3.80. The van der Waals surface area contributed by atoms with Gasteiger partial charge < -0.3 is 9.47 Å². The summed E-state index contributed by atoms with van der Waals surface area (Å²) < 4.78 is 9.46. The Morgan fingerprint density at radius 1 is 1.25 bits per heavy atom. The number of hydrogen-bond acceptors (Lipinski definition) is 6. The number of alkyl halides is 1. The van der Waals surface area contributed by atoms with E-state index < -0.39 is 17.7 Å². The van der Waals surface area contributed by atoms with Crippen LogP contribution in [-0.4, -0.2) is 29.8 Å². The number of rotatable bonds is 6. The van der Waals surface area contributed by atoms with Gasteiger partial charge in [0.25, 0.3) is 5.71 Å². The van der Waals surface area contributed by atoms with Crippen LogP contribution >= 0.6 is 15.9 Å². The Kier molecular flexibility index (Phi) is 6.72. The van der Waals surface area contributed by atoms with Gasteiger partial charge in [-0.2, -0.15) is 5.10 Å². The standard InChI is InChI=1S/C13H15BrN2O4/c1-3-19-12(17)11(13(18)20-8-14)16-15-10-7-5-4-6-9(10)2/h4-7,15H,3,8H2,1-2H3/b16-11-. The molecule has 0 saturated heterocycles. The molecular weight excluding hydrogens is 328 g/mol. The Bertz CT molecular complexity index is 497. The van der Waals surface area contributed by atoms with Crippen LogP contribution in [0.4, 0.5) is 5.69 Å². The summed E-state index contributed by atoms with van der Waals surface area (Å²) in [5, 5.41) is 3.79. The van der Waals surface area contributed by atoms with Gasteiger partial charge in [-0.05, 0) is 41.4 Å². The van der Waals surface area contributed by atoms with Crippen molar-refractivity contribution in [1.82, 2.24) is 0 Å². The van der Waals surface area contributed by atoms with Crippen molar-refractivity contribution in [3.63, 3.8) is 0 Å². The van der Waals surface area contributed by atoms with Gasteiger partial charge in [0.2, 0.25) is 0 Å². The second kappa shape index (κ2) is 8.31. The predicted molar refractivity (Wildman–Crippen MR) is 78.8 cm³/mol. The molecule has 1 aromatic rings. The third kappa shape index (κ3) is 4.65. The first-order chi connectivity index (χ1) is 9.60. The average molecular weight is 343 g/mol. The highest BCUT2D eigenvalue weighted by Gasteiger charge is 2.23. The average Bonchev–Trinajstić information content (AvgIpc) is 2.41. The van der Waals surface area contributed by atoms with E-state index in [1.807, 2.05) is 25.1 Å². The molecule has 108 valence electrons. The van der Waals surface area contributed by atoms with Gasteiger partial charge in [-0.1, -0.05) is 18.2 Å². The van der Waals surface area contributed by atoms with Crippen molar-refractivity contribution in [3.8, 4) is 0 Å². The van der Waals surface area contributed by atoms with Crippen LogP contribution in [0.25, 0.3) is 0 Å². The van der Waals surface area contributed by atoms with Crippen molar-refractivity contribution >= 4 is 39.3 Å². The number of anilines is 1. The van der Waals surface area contributed by atoms with E-state index in [1.54, 1.807) is 13.0 Å². The highest BCUT2D eigenvalue weighted by molar-refractivity contribution is 9.09. The van der Waals surface area contributed by atoms with Gasteiger partial charge in [0, 0.05) is 0 Å². The third-order valence-corrected chi connectivity index (χ3v) is 2.51. The Morgan fingerprint density at radius 3 is 2.50 bits per heavy atom. The summed E-state index contributed by atoms with van der Waals surface area (Å²) in [4.78, 5) is 23.3. The monoisotopic (exact) mass is 342 g/mol. The zero-order valence-electron chi connectivity index (χ0n) is 11.2. The molecule has 6 nitrogen and oxygen atoms in total. The first-order valence-electron chi connectivity index (χ1n) is 5.89. The third-order valence-electron chi connectivity index (χ3n) is 2.28. The Morgan fingerprint density at radius 2 is 1.90 bits per heavy atom. The van der Waals surface area contributed by atoms with E-state index in [-0.39, 0.29) is 12.1 Å². The summed E-state index contributed by atoms with van der Waals surface area (Å²) in [6.45, 7) is 3.66. The number of hydrazone groups is 1. The van der Waals surface area contributed by atoms with Gasteiger partial charge in [-0.15, -0.1) is 0 Å². The second-order valence-electron chi connectivity index (χ2n) is 3.65. The highest BCUT2D eigenvalue weighted by atomic mass is 79.9. The summed E-state index contributed by atoms with van der Waals surface area (Å²) >= 11 is 2.94. The molecule has 0 fully saturated rings. The molecule has 0 bridgehead atoms. The van der Waals surface area contributed by atoms with Crippen LogP contribution in [0.3, 0.4) is 0 Å². The quantitative estimate of drug-likeness (QED) is 0.282. The lowest BCUT2D eigenvalue weighted by Crippen LogP contribution is -2.29. The molecule has 0 radical (unpaired) electrons. The summed E-state index contributed by atoms with van der Waals surface area (Å²) in [5.74, 6) is -1.69. The van der Waals surface area contributed by atoms with E-state index in [2.05, 4.69) is 26.5 Å². The molecule has 1 aromatic carbocycles. The topological polar surface area (TPSA) is 77.0 Å². The van der Waals surface area contributed by atoms with E-state index in [4.69, 9.17) is 9.47 Å². The molecule has 0 unspecified atom stereocenters. The van der Waals surface area contributed by atoms with Gasteiger partial charge >= 0.3 is 11.9 Å². The number of para-hydroxylation sites is 1. The van der Waals surface area contributed by atoms with E-state index in [9.17, 15) is 9.59 Å². The lowest BCUT2D eigenvalue weighted by molar-refractivity contribution is -0.139. The minimum Gasteiger partial charge on any atom is -0.461 e. The molecule has 0 aliphatic carbocycles. The molecule has 0 aliphatic rings. The molecule has 0 saturated carbocycles. The van der Waals surface area contributed by atoms with Crippen molar-refractivity contribution in [2.75, 3.05) is 17.5 Å². The Hall–Kier alpha value is -1.89. The van der Waals surface area contributed by atoms with Crippen LogP contribution in [0.15, 0.2) is 29.4 Å². The molecular formula is C13H15BrN2O4. The molecule has 1 rings (SSSR count). The number of hydrogen-bond donors (Lipinski definition) is 1. The van der Waals surface area contributed by atoms with Gasteiger partial charge in [-0.3, -0.25) is 5.43 Å². The maximum atomic E-state index is 11.7. The number of nitrogens with one attached hydrogen (secondary N) is 1. The Balaban J connectivity index is 2.92. The summed E-state index contributed by atoms with van der Waals surface area (Å²) in [6, 6.07) is 7.33. The number of ether oxygens (including phenoxy) is 2. The minimum absolute atomic E-state index is 0.0331. The number of nitrogens with zero attached hydrogens (tertiary/aromatic N) is 1. The minimum atomic E-state index is -0.860. The fourth-order valence-corrected chi connectivity index (χ4v) is 1.51. The van der Waals surface area contributed by atoms with Gasteiger partial charge in [0.15, 0.2) is 0 Å². The van der Waals surface area contributed by atoms with Crippen molar-refractivity contribution in [2.45, 2.75) is 13.8 Å². The number of carbonyl (C=O) groups is 2. The van der Waals surface area contributed by atoms with Crippen molar-refractivity contribution in [2.24, 2.45) is 5.10 Å². The normalized spacial score (nSPS) is 10.8. The summed E-state index contributed by atoms with van der Waals surface area (Å²) in [7, 11) is 0. The maximum absolute atomic E-state index is 11.7. The van der Waals surface area contributed by atoms with Crippen LogP contribution in [-0.2, 0) is 19.1 Å². The predicted octanol–water partition coefficient (Wildman–Crippen LogP) is 2.22. The molecule has 0 aromatic heterocycles. The van der Waals surface area contributed by atoms with Gasteiger partial charge in [0.05, 0.1) is 12.3 Å². The molecule has 0 amide bonds. The SMILES string of the molecule is CCOC(=O)/C(=N/Nc1ccccc1C)C(=O)OCBr. The van der Waals surface area contributed by atoms with Crippen LogP contribution in [0.1, 0.15) is 12.5 Å². The number of benzene rings is 1. The molecule has 1 N–H and O–H groups in total. The van der Waals surface area contributed by atoms with Gasteiger partial charge in [0.1, 0.15) is 5.52 Å². The van der Waals surface area contributed by atoms with Crippen LogP contribution < -0.4 is 5.43 Å². The van der Waals surface area contributed by atoms with E-state index in [0.29, 0.717) is 5.69 Å². The molecule has 7 heteroatoms.